The maximum absolute atomic E-state index is 13.0. The number of hydrogen-bond donors (Lipinski definition) is 0. The zero-order chi connectivity index (χ0) is 20.1. The summed E-state index contributed by atoms with van der Waals surface area (Å²) in [4.78, 5) is 14.0. The van der Waals surface area contributed by atoms with E-state index in [1.807, 2.05) is 62.4 Å². The van der Waals surface area contributed by atoms with Crippen LogP contribution in [0.1, 0.15) is 25.0 Å². The number of para-hydroxylation sites is 2. The van der Waals surface area contributed by atoms with E-state index in [1.165, 1.54) is 0 Å². The van der Waals surface area contributed by atoms with Gasteiger partial charge in [-0.15, -0.1) is 18.2 Å². The van der Waals surface area contributed by atoms with E-state index in [2.05, 4.69) is 28.5 Å². The third-order valence-electron chi connectivity index (χ3n) is 4.48. The van der Waals surface area contributed by atoms with Gasteiger partial charge in [0.15, 0.2) is 0 Å². The van der Waals surface area contributed by atoms with Gasteiger partial charge in [0, 0.05) is 11.1 Å². The molecule has 1 aliphatic rings. The highest BCUT2D eigenvalue weighted by molar-refractivity contribution is 14.1. The first-order valence-corrected chi connectivity index (χ1v) is 11.3. The molecule has 4 nitrogen and oxygen atoms in total. The van der Waals surface area contributed by atoms with Gasteiger partial charge in [-0.3, -0.25) is 9.69 Å². The molecule has 0 aromatic heterocycles. The first kappa shape index (κ1) is 20.9. The molecule has 146 valence electrons. The Balaban J connectivity index is 2.34. The topological polar surface area (TPSA) is 38.8 Å². The summed E-state index contributed by atoms with van der Waals surface area (Å²) in [6.07, 6.45) is 5.76. The SMILES string of the molecule is C#CC(I)N1C(=O)CSC1(c1ccccc1OCC)c1ccccc1OCC. The van der Waals surface area contributed by atoms with Gasteiger partial charge in [0.2, 0.25) is 5.91 Å². The fraction of sp³-hybridized carbons (Fsp3) is 0.318. The van der Waals surface area contributed by atoms with Crippen molar-refractivity contribution in [3.63, 3.8) is 0 Å². The van der Waals surface area contributed by atoms with Crippen molar-refractivity contribution in [2.45, 2.75) is 22.8 Å². The van der Waals surface area contributed by atoms with Crippen molar-refractivity contribution in [2.75, 3.05) is 19.0 Å². The van der Waals surface area contributed by atoms with E-state index < -0.39 is 8.92 Å². The van der Waals surface area contributed by atoms with Crippen LogP contribution in [0.3, 0.4) is 0 Å². The van der Waals surface area contributed by atoms with Crippen LogP contribution in [0.15, 0.2) is 48.5 Å². The maximum Gasteiger partial charge on any atom is 0.235 e. The van der Waals surface area contributed by atoms with Gasteiger partial charge in [-0.2, -0.15) is 0 Å². The third kappa shape index (κ3) is 3.58. The van der Waals surface area contributed by atoms with Crippen molar-refractivity contribution in [1.29, 1.82) is 0 Å². The second kappa shape index (κ2) is 9.10. The van der Waals surface area contributed by atoms with Crippen LogP contribution < -0.4 is 9.47 Å². The van der Waals surface area contributed by atoms with E-state index in [-0.39, 0.29) is 5.91 Å². The van der Waals surface area contributed by atoms with Crippen molar-refractivity contribution in [2.24, 2.45) is 0 Å². The predicted molar refractivity (Wildman–Crippen MR) is 122 cm³/mol. The van der Waals surface area contributed by atoms with Gasteiger partial charge < -0.3 is 9.47 Å². The lowest BCUT2D eigenvalue weighted by Gasteiger charge is -2.41. The lowest BCUT2D eigenvalue weighted by molar-refractivity contribution is -0.129. The zero-order valence-corrected chi connectivity index (χ0v) is 18.8. The van der Waals surface area contributed by atoms with Crippen LogP contribution in [0.4, 0.5) is 0 Å². The normalized spacial score (nSPS) is 16.5. The number of rotatable bonds is 7. The molecule has 1 unspecified atom stereocenters. The molecule has 0 bridgehead atoms. The molecule has 1 fully saturated rings. The summed E-state index contributed by atoms with van der Waals surface area (Å²) in [7, 11) is 0. The molecule has 0 aliphatic carbocycles. The van der Waals surface area contributed by atoms with E-state index in [0.717, 1.165) is 22.6 Å². The predicted octanol–water partition coefficient (Wildman–Crippen LogP) is 4.65. The maximum atomic E-state index is 13.0. The smallest absolute Gasteiger partial charge is 0.235 e. The number of halogens is 1. The minimum atomic E-state index is -0.827. The summed E-state index contributed by atoms with van der Waals surface area (Å²) in [6, 6.07) is 15.7. The number of hydrogen-bond acceptors (Lipinski definition) is 4. The lowest BCUT2D eigenvalue weighted by Crippen LogP contribution is -2.47. The van der Waals surface area contributed by atoms with Gasteiger partial charge in [0.05, 0.1) is 19.0 Å². The number of carbonyl (C=O) groups is 1. The quantitative estimate of drug-likeness (QED) is 0.237. The Morgan fingerprint density at radius 1 is 1.11 bits per heavy atom. The van der Waals surface area contributed by atoms with Crippen LogP contribution in [0.25, 0.3) is 0 Å². The van der Waals surface area contributed by atoms with Crippen LogP contribution in [-0.4, -0.2) is 33.8 Å². The highest BCUT2D eigenvalue weighted by Gasteiger charge is 2.53. The Morgan fingerprint density at radius 3 is 2.07 bits per heavy atom. The summed E-state index contributed by atoms with van der Waals surface area (Å²) in [6.45, 7) is 4.96. The van der Waals surface area contributed by atoms with Gasteiger partial charge in [-0.25, -0.2) is 0 Å². The lowest BCUT2D eigenvalue weighted by atomic mass is 9.94. The molecule has 28 heavy (non-hydrogen) atoms. The average molecular weight is 507 g/mol. The minimum absolute atomic E-state index is 0.0000435. The summed E-state index contributed by atoms with van der Waals surface area (Å²) in [5.41, 5.74) is 1.80. The van der Waals surface area contributed by atoms with Gasteiger partial charge >= 0.3 is 0 Å². The molecule has 0 N–H and O–H groups in total. The molecule has 0 radical (unpaired) electrons. The number of carbonyl (C=O) groups excluding carboxylic acids is 1. The van der Waals surface area contributed by atoms with Gasteiger partial charge in [0.1, 0.15) is 20.4 Å². The molecule has 0 spiro atoms. The third-order valence-corrected chi connectivity index (χ3v) is 6.84. The summed E-state index contributed by atoms with van der Waals surface area (Å²) >= 11 is 3.69. The number of benzene rings is 2. The van der Waals surface area contributed by atoms with Crippen LogP contribution in [0.2, 0.25) is 0 Å². The van der Waals surface area contributed by atoms with E-state index in [0.29, 0.717) is 19.0 Å². The van der Waals surface area contributed by atoms with Crippen LogP contribution in [0, 0.1) is 12.3 Å². The molecular weight excluding hydrogens is 485 g/mol. The molecule has 1 saturated heterocycles. The van der Waals surface area contributed by atoms with Crippen LogP contribution >= 0.6 is 34.4 Å². The number of ether oxygens (including phenoxy) is 2. The fourth-order valence-electron chi connectivity index (χ4n) is 3.46. The first-order chi connectivity index (χ1) is 13.6. The second-order valence-electron chi connectivity index (χ2n) is 6.06. The molecule has 1 atom stereocenters. The zero-order valence-electron chi connectivity index (χ0n) is 15.9. The number of nitrogens with zero attached hydrogens (tertiary/aromatic N) is 1. The Morgan fingerprint density at radius 2 is 1.61 bits per heavy atom. The minimum Gasteiger partial charge on any atom is -0.493 e. The number of thioether (sulfide) groups is 1. The fourth-order valence-corrected chi connectivity index (χ4v) is 5.84. The molecule has 0 saturated carbocycles. The highest BCUT2D eigenvalue weighted by atomic mass is 127. The molecule has 2 aromatic carbocycles. The van der Waals surface area contributed by atoms with Crippen molar-refractivity contribution in [1.82, 2.24) is 4.90 Å². The Labute approximate surface area is 184 Å². The standard InChI is InChI=1S/C22H22INO3S/c1-4-20(23)24-21(25)15-28-22(24,16-11-7-9-13-18(16)26-5-2)17-12-8-10-14-19(17)27-6-3/h1,7-14,20H,5-6,15H2,2-3H3. The highest BCUT2D eigenvalue weighted by Crippen LogP contribution is 2.56. The van der Waals surface area contributed by atoms with Gasteiger partial charge in [-0.05, 0) is 48.6 Å². The van der Waals surface area contributed by atoms with Crippen LogP contribution in [-0.2, 0) is 9.67 Å². The summed E-state index contributed by atoms with van der Waals surface area (Å²) < 4.78 is 11.5. The number of terminal acetylenes is 1. The summed E-state index contributed by atoms with van der Waals surface area (Å²) in [5, 5.41) is 0. The molecule has 1 aliphatic heterocycles. The Hall–Kier alpha value is -1.85. The first-order valence-electron chi connectivity index (χ1n) is 9.11. The van der Waals surface area contributed by atoms with Crippen molar-refractivity contribution < 1.29 is 14.3 Å². The number of amides is 1. The summed E-state index contributed by atoms with van der Waals surface area (Å²) in [5.74, 6) is 4.55. The van der Waals surface area contributed by atoms with Crippen molar-refractivity contribution in [3.8, 4) is 23.8 Å². The molecule has 1 amide bonds. The monoisotopic (exact) mass is 507 g/mol. The van der Waals surface area contributed by atoms with Gasteiger partial charge in [0.25, 0.3) is 0 Å². The van der Waals surface area contributed by atoms with E-state index in [9.17, 15) is 4.79 Å². The average Bonchev–Trinajstić information content (AvgIpc) is 3.06. The van der Waals surface area contributed by atoms with E-state index in [4.69, 9.17) is 15.9 Å². The second-order valence-corrected chi connectivity index (χ2v) is 8.41. The number of alkyl halides is 1. The molecular formula is C22H22INO3S. The molecule has 3 rings (SSSR count). The van der Waals surface area contributed by atoms with Crippen molar-refractivity contribution >= 4 is 40.3 Å². The van der Waals surface area contributed by atoms with Gasteiger partial charge in [-0.1, -0.05) is 42.3 Å². The van der Waals surface area contributed by atoms with Crippen LogP contribution in [0.5, 0.6) is 11.5 Å². The largest absolute Gasteiger partial charge is 0.493 e. The van der Waals surface area contributed by atoms with Crippen molar-refractivity contribution in [3.05, 3.63) is 59.7 Å². The molecule has 1 heterocycles. The Bertz CT molecular complexity index is 846. The van der Waals surface area contributed by atoms with E-state index in [1.54, 1.807) is 16.7 Å². The molecule has 2 aromatic rings. The van der Waals surface area contributed by atoms with E-state index >= 15 is 0 Å². The Kier molecular flexibility index (Phi) is 6.78. The molecule has 6 heteroatoms.